The fraction of sp³-hybridized carbons (Fsp3) is 1.00. The van der Waals surface area contributed by atoms with Crippen molar-refractivity contribution in [3.05, 3.63) is 0 Å². The summed E-state index contributed by atoms with van der Waals surface area (Å²) in [5, 5.41) is 8.40. The minimum Gasteiger partial charge on any atom is -0.394 e. The summed E-state index contributed by atoms with van der Waals surface area (Å²) in [4.78, 5) is 0. The van der Waals surface area contributed by atoms with Gasteiger partial charge >= 0.3 is 0 Å². The molecule has 0 heterocycles. The first kappa shape index (κ1) is 12.8. The molecule has 4 nitrogen and oxygen atoms in total. The third-order valence-electron chi connectivity index (χ3n) is 1.61. The van der Waals surface area contributed by atoms with Crippen LogP contribution < -0.4 is 0 Å². The molecule has 0 fully saturated rings. The van der Waals surface area contributed by atoms with Crippen molar-refractivity contribution in [2.24, 2.45) is 0 Å². The highest BCUT2D eigenvalue weighted by atomic mass is 16.6. The minimum absolute atomic E-state index is 0.0591. The van der Waals surface area contributed by atoms with Crippen molar-refractivity contribution in [1.82, 2.24) is 0 Å². The molecule has 80 valence electrons. The first-order valence-corrected chi connectivity index (χ1v) is 4.44. The Morgan fingerprint density at radius 2 is 1.69 bits per heavy atom. The second kappa shape index (κ2) is 7.26. The molecule has 13 heavy (non-hydrogen) atoms. The summed E-state index contributed by atoms with van der Waals surface area (Å²) in [6, 6.07) is 0. The summed E-state index contributed by atoms with van der Waals surface area (Å²) < 4.78 is 15.5. The van der Waals surface area contributed by atoms with Gasteiger partial charge in [-0.1, -0.05) is 0 Å². The van der Waals surface area contributed by atoms with Gasteiger partial charge in [-0.2, -0.15) is 0 Å². The molecule has 0 aromatic carbocycles. The van der Waals surface area contributed by atoms with Gasteiger partial charge in [0, 0.05) is 7.11 Å². The van der Waals surface area contributed by atoms with E-state index in [0.717, 1.165) is 0 Å². The van der Waals surface area contributed by atoms with Crippen molar-refractivity contribution < 1.29 is 19.3 Å². The van der Waals surface area contributed by atoms with E-state index in [1.807, 2.05) is 13.8 Å². The van der Waals surface area contributed by atoms with Gasteiger partial charge in [0.25, 0.3) is 0 Å². The average Bonchev–Trinajstić information content (AvgIpc) is 2.11. The molecule has 0 amide bonds. The van der Waals surface area contributed by atoms with Crippen molar-refractivity contribution in [1.29, 1.82) is 0 Å². The molecule has 4 heteroatoms. The van der Waals surface area contributed by atoms with Crippen molar-refractivity contribution in [2.75, 3.05) is 40.1 Å². The predicted molar refractivity (Wildman–Crippen MR) is 49.8 cm³/mol. The topological polar surface area (TPSA) is 47.9 Å². The molecule has 1 N–H and O–H groups in total. The maximum absolute atomic E-state index is 8.40. The van der Waals surface area contributed by atoms with Crippen LogP contribution in [0.5, 0.6) is 0 Å². The molecule has 0 aromatic heterocycles. The molecule has 0 saturated heterocycles. The largest absolute Gasteiger partial charge is 0.394 e. The van der Waals surface area contributed by atoms with Crippen LogP contribution in [0.1, 0.15) is 13.8 Å². The second-order valence-electron chi connectivity index (χ2n) is 3.35. The summed E-state index contributed by atoms with van der Waals surface area (Å²) in [5.74, 6) is 0. The summed E-state index contributed by atoms with van der Waals surface area (Å²) in [5.41, 5.74) is -0.239. The maximum Gasteiger partial charge on any atom is 0.0855 e. The molecule has 0 aliphatic carbocycles. The van der Waals surface area contributed by atoms with E-state index in [9.17, 15) is 0 Å². The molecule has 0 aromatic rings. The Bertz CT molecular complexity index is 114. The fourth-order valence-corrected chi connectivity index (χ4v) is 0.661. The molecule has 0 radical (unpaired) electrons. The van der Waals surface area contributed by atoms with E-state index >= 15 is 0 Å². The lowest BCUT2D eigenvalue weighted by molar-refractivity contribution is -0.0624. The van der Waals surface area contributed by atoms with E-state index in [1.54, 1.807) is 7.11 Å². The summed E-state index contributed by atoms with van der Waals surface area (Å²) in [6.07, 6.45) is 0. The second-order valence-corrected chi connectivity index (χ2v) is 3.35. The van der Waals surface area contributed by atoms with Crippen molar-refractivity contribution in [3.8, 4) is 0 Å². The fourth-order valence-electron chi connectivity index (χ4n) is 0.661. The number of hydrogen-bond acceptors (Lipinski definition) is 4. The lowest BCUT2D eigenvalue weighted by Gasteiger charge is -2.22. The highest BCUT2D eigenvalue weighted by Gasteiger charge is 2.15. The number of aliphatic hydroxyl groups excluding tert-OH is 1. The SMILES string of the molecule is COC(C)(C)COCCOCCO. The highest BCUT2D eigenvalue weighted by molar-refractivity contribution is 4.65. The maximum atomic E-state index is 8.40. The van der Waals surface area contributed by atoms with Crippen LogP contribution in [0.25, 0.3) is 0 Å². The van der Waals surface area contributed by atoms with Gasteiger partial charge in [-0.3, -0.25) is 0 Å². The van der Waals surface area contributed by atoms with Crippen LogP contribution in [0.4, 0.5) is 0 Å². The lowest BCUT2D eigenvalue weighted by Crippen LogP contribution is -2.29. The first-order chi connectivity index (χ1) is 6.12. The molecule has 0 unspecified atom stereocenters. The average molecular weight is 192 g/mol. The monoisotopic (exact) mass is 192 g/mol. The zero-order valence-corrected chi connectivity index (χ0v) is 8.71. The molecule has 0 atom stereocenters. The van der Waals surface area contributed by atoms with Crippen LogP contribution in [-0.4, -0.2) is 50.9 Å². The number of ether oxygens (including phenoxy) is 3. The summed E-state index contributed by atoms with van der Waals surface area (Å²) in [6.45, 7) is 5.95. The van der Waals surface area contributed by atoms with E-state index in [2.05, 4.69) is 0 Å². The molecule has 0 saturated carbocycles. The molecular weight excluding hydrogens is 172 g/mol. The molecule has 0 spiro atoms. The predicted octanol–water partition coefficient (Wildman–Crippen LogP) is 0.437. The number of rotatable bonds is 8. The number of methoxy groups -OCH3 is 1. The van der Waals surface area contributed by atoms with Gasteiger partial charge < -0.3 is 19.3 Å². The van der Waals surface area contributed by atoms with Gasteiger partial charge in [0.15, 0.2) is 0 Å². The van der Waals surface area contributed by atoms with Gasteiger partial charge in [0.05, 0.1) is 38.6 Å². The molecule has 0 aliphatic heterocycles. The highest BCUT2D eigenvalue weighted by Crippen LogP contribution is 2.06. The van der Waals surface area contributed by atoms with Crippen LogP contribution in [-0.2, 0) is 14.2 Å². The van der Waals surface area contributed by atoms with Crippen LogP contribution in [0.2, 0.25) is 0 Å². The van der Waals surface area contributed by atoms with E-state index in [1.165, 1.54) is 0 Å². The smallest absolute Gasteiger partial charge is 0.0855 e. The Hall–Kier alpha value is -0.160. The zero-order chi connectivity index (χ0) is 10.2. The lowest BCUT2D eigenvalue weighted by atomic mass is 10.1. The molecular formula is C9H20O4. The molecule has 0 rings (SSSR count). The van der Waals surface area contributed by atoms with Crippen LogP contribution in [0, 0.1) is 0 Å². The minimum atomic E-state index is -0.239. The normalized spacial score (nSPS) is 12.0. The van der Waals surface area contributed by atoms with Crippen LogP contribution in [0.3, 0.4) is 0 Å². The Labute approximate surface area is 79.8 Å². The van der Waals surface area contributed by atoms with Gasteiger partial charge in [0.1, 0.15) is 0 Å². The van der Waals surface area contributed by atoms with Crippen molar-refractivity contribution >= 4 is 0 Å². The van der Waals surface area contributed by atoms with Crippen LogP contribution in [0.15, 0.2) is 0 Å². The summed E-state index contributed by atoms with van der Waals surface area (Å²) >= 11 is 0. The Balaban J connectivity index is 3.16. The van der Waals surface area contributed by atoms with E-state index in [4.69, 9.17) is 19.3 Å². The quantitative estimate of drug-likeness (QED) is 0.567. The zero-order valence-electron chi connectivity index (χ0n) is 8.71. The Kier molecular flexibility index (Phi) is 7.17. The first-order valence-electron chi connectivity index (χ1n) is 4.44. The molecule has 0 aliphatic rings. The summed E-state index contributed by atoms with van der Waals surface area (Å²) in [7, 11) is 1.66. The van der Waals surface area contributed by atoms with Crippen molar-refractivity contribution in [2.45, 2.75) is 19.4 Å². The molecule has 0 bridgehead atoms. The van der Waals surface area contributed by atoms with E-state index in [0.29, 0.717) is 26.4 Å². The van der Waals surface area contributed by atoms with E-state index in [-0.39, 0.29) is 12.2 Å². The number of aliphatic hydroxyl groups is 1. The van der Waals surface area contributed by atoms with Gasteiger partial charge in [-0.15, -0.1) is 0 Å². The van der Waals surface area contributed by atoms with E-state index < -0.39 is 0 Å². The van der Waals surface area contributed by atoms with Crippen LogP contribution >= 0.6 is 0 Å². The van der Waals surface area contributed by atoms with Crippen molar-refractivity contribution in [3.63, 3.8) is 0 Å². The van der Waals surface area contributed by atoms with Gasteiger partial charge in [-0.25, -0.2) is 0 Å². The number of hydrogen-bond donors (Lipinski definition) is 1. The third kappa shape index (κ3) is 8.18. The Morgan fingerprint density at radius 3 is 2.23 bits per heavy atom. The third-order valence-corrected chi connectivity index (χ3v) is 1.61. The Morgan fingerprint density at radius 1 is 1.08 bits per heavy atom. The standard InChI is InChI=1S/C9H20O4/c1-9(2,11-3)8-13-7-6-12-5-4-10/h10H,4-8H2,1-3H3. The van der Waals surface area contributed by atoms with Gasteiger partial charge in [0.2, 0.25) is 0 Å². The van der Waals surface area contributed by atoms with Gasteiger partial charge in [-0.05, 0) is 13.8 Å².